The fourth-order valence-electron chi connectivity index (χ4n) is 1.95. The number of benzene rings is 1. The first-order valence-electron chi connectivity index (χ1n) is 5.23. The molecule has 0 spiro atoms. The molecule has 2 atom stereocenters. The standard InChI is InChI=1S/C12H17F2N/c1-4-11(15-3)8(2)12-9(13)6-5-7-10(12)14/h5-8,11,15H,4H2,1-3H3. The zero-order valence-corrected chi connectivity index (χ0v) is 9.35. The quantitative estimate of drug-likeness (QED) is 0.810. The second kappa shape index (κ2) is 5.21. The zero-order chi connectivity index (χ0) is 11.4. The Labute approximate surface area is 89.5 Å². The maximum Gasteiger partial charge on any atom is 0.129 e. The second-order valence-electron chi connectivity index (χ2n) is 3.73. The van der Waals surface area contributed by atoms with E-state index in [-0.39, 0.29) is 17.5 Å². The van der Waals surface area contributed by atoms with Crippen LogP contribution in [-0.4, -0.2) is 13.1 Å². The van der Waals surface area contributed by atoms with Gasteiger partial charge in [-0.2, -0.15) is 0 Å². The van der Waals surface area contributed by atoms with Gasteiger partial charge < -0.3 is 5.32 Å². The van der Waals surface area contributed by atoms with E-state index in [2.05, 4.69) is 5.32 Å². The lowest BCUT2D eigenvalue weighted by atomic mass is 9.91. The van der Waals surface area contributed by atoms with Crippen molar-refractivity contribution in [1.82, 2.24) is 5.32 Å². The minimum atomic E-state index is -0.462. The van der Waals surface area contributed by atoms with Crippen LogP contribution in [0.25, 0.3) is 0 Å². The van der Waals surface area contributed by atoms with Crippen LogP contribution in [0.4, 0.5) is 8.78 Å². The Kier molecular flexibility index (Phi) is 4.21. The topological polar surface area (TPSA) is 12.0 Å². The average molecular weight is 213 g/mol. The van der Waals surface area contributed by atoms with Gasteiger partial charge in [0.05, 0.1) is 0 Å². The predicted molar refractivity (Wildman–Crippen MR) is 57.9 cm³/mol. The molecule has 0 bridgehead atoms. The molecule has 1 N–H and O–H groups in total. The van der Waals surface area contributed by atoms with E-state index in [0.29, 0.717) is 0 Å². The minimum Gasteiger partial charge on any atom is -0.316 e. The summed E-state index contributed by atoms with van der Waals surface area (Å²) in [6.45, 7) is 3.84. The minimum absolute atomic E-state index is 0.0939. The summed E-state index contributed by atoms with van der Waals surface area (Å²) < 4.78 is 26.9. The molecule has 0 saturated heterocycles. The Morgan fingerprint density at radius 3 is 2.20 bits per heavy atom. The fourth-order valence-corrected chi connectivity index (χ4v) is 1.95. The number of hydrogen-bond acceptors (Lipinski definition) is 1. The highest BCUT2D eigenvalue weighted by atomic mass is 19.1. The molecule has 15 heavy (non-hydrogen) atoms. The van der Waals surface area contributed by atoms with Gasteiger partial charge in [-0.3, -0.25) is 0 Å². The lowest BCUT2D eigenvalue weighted by Crippen LogP contribution is -2.30. The number of halogens is 2. The molecule has 0 heterocycles. The summed E-state index contributed by atoms with van der Waals surface area (Å²) in [4.78, 5) is 0. The van der Waals surface area contributed by atoms with Crippen LogP contribution in [0, 0.1) is 11.6 Å². The summed E-state index contributed by atoms with van der Waals surface area (Å²) in [5, 5.41) is 3.07. The van der Waals surface area contributed by atoms with Crippen LogP contribution in [0.2, 0.25) is 0 Å². The molecule has 1 aromatic rings. The summed E-state index contributed by atoms with van der Waals surface area (Å²) in [5.41, 5.74) is 0.179. The van der Waals surface area contributed by atoms with Gasteiger partial charge in [-0.1, -0.05) is 19.9 Å². The highest BCUT2D eigenvalue weighted by molar-refractivity contribution is 5.24. The van der Waals surface area contributed by atoms with E-state index in [1.165, 1.54) is 18.2 Å². The first-order valence-corrected chi connectivity index (χ1v) is 5.23. The number of hydrogen-bond donors (Lipinski definition) is 1. The molecule has 0 radical (unpaired) electrons. The van der Waals surface area contributed by atoms with Crippen molar-refractivity contribution in [1.29, 1.82) is 0 Å². The first-order chi connectivity index (χ1) is 7.11. The van der Waals surface area contributed by atoms with Crippen molar-refractivity contribution in [3.8, 4) is 0 Å². The van der Waals surface area contributed by atoms with Crippen molar-refractivity contribution in [2.75, 3.05) is 7.05 Å². The molecule has 0 aliphatic heterocycles. The van der Waals surface area contributed by atoms with E-state index in [1.54, 1.807) is 0 Å². The van der Waals surface area contributed by atoms with Gasteiger partial charge in [0.2, 0.25) is 0 Å². The van der Waals surface area contributed by atoms with Gasteiger partial charge in [0.25, 0.3) is 0 Å². The Morgan fingerprint density at radius 1 is 1.27 bits per heavy atom. The molecular weight excluding hydrogens is 196 g/mol. The number of nitrogens with one attached hydrogen (secondary N) is 1. The molecule has 3 heteroatoms. The summed E-state index contributed by atoms with van der Waals surface area (Å²) in [5.74, 6) is -1.09. The van der Waals surface area contributed by atoms with Crippen LogP contribution in [-0.2, 0) is 0 Å². The average Bonchev–Trinajstić information content (AvgIpc) is 2.19. The molecule has 0 aliphatic carbocycles. The Hall–Kier alpha value is -0.960. The predicted octanol–water partition coefficient (Wildman–Crippen LogP) is 3.07. The first kappa shape index (κ1) is 12.1. The normalized spacial score (nSPS) is 15.0. The third kappa shape index (κ3) is 2.53. The van der Waals surface area contributed by atoms with E-state index in [1.807, 2.05) is 20.9 Å². The molecule has 0 amide bonds. The smallest absolute Gasteiger partial charge is 0.129 e. The lowest BCUT2D eigenvalue weighted by Gasteiger charge is -2.23. The maximum absolute atomic E-state index is 13.5. The molecule has 0 aromatic heterocycles. The Bertz CT molecular complexity index is 301. The lowest BCUT2D eigenvalue weighted by molar-refractivity contribution is 0.437. The Morgan fingerprint density at radius 2 is 1.80 bits per heavy atom. The van der Waals surface area contributed by atoms with E-state index in [4.69, 9.17) is 0 Å². The van der Waals surface area contributed by atoms with Crippen LogP contribution in [0.1, 0.15) is 31.7 Å². The molecule has 0 fully saturated rings. The molecule has 2 unspecified atom stereocenters. The summed E-state index contributed by atoms with van der Waals surface area (Å²) in [6, 6.07) is 4.09. The van der Waals surface area contributed by atoms with Crippen molar-refractivity contribution in [3.05, 3.63) is 35.4 Å². The third-order valence-corrected chi connectivity index (χ3v) is 2.87. The highest BCUT2D eigenvalue weighted by Crippen LogP contribution is 2.26. The second-order valence-corrected chi connectivity index (χ2v) is 3.73. The number of likely N-dealkylation sites (N-methyl/N-ethyl adjacent to an activating group) is 1. The van der Waals surface area contributed by atoms with Gasteiger partial charge in [-0.05, 0) is 25.6 Å². The molecular formula is C12H17F2N. The van der Waals surface area contributed by atoms with Crippen LogP contribution in [0.15, 0.2) is 18.2 Å². The fraction of sp³-hybridized carbons (Fsp3) is 0.500. The van der Waals surface area contributed by atoms with E-state index in [9.17, 15) is 8.78 Å². The molecule has 1 rings (SSSR count). The summed E-state index contributed by atoms with van der Waals surface area (Å²) >= 11 is 0. The summed E-state index contributed by atoms with van der Waals surface area (Å²) in [6.07, 6.45) is 0.839. The molecule has 1 aromatic carbocycles. The van der Waals surface area contributed by atoms with E-state index >= 15 is 0 Å². The molecule has 0 aliphatic rings. The van der Waals surface area contributed by atoms with Gasteiger partial charge >= 0.3 is 0 Å². The van der Waals surface area contributed by atoms with Gasteiger partial charge in [-0.15, -0.1) is 0 Å². The SMILES string of the molecule is CCC(NC)C(C)c1c(F)cccc1F. The van der Waals surface area contributed by atoms with Gasteiger partial charge in [0.15, 0.2) is 0 Å². The molecule has 0 saturated carbocycles. The van der Waals surface area contributed by atoms with Crippen molar-refractivity contribution in [2.45, 2.75) is 32.2 Å². The maximum atomic E-state index is 13.5. The van der Waals surface area contributed by atoms with Crippen molar-refractivity contribution < 1.29 is 8.78 Å². The van der Waals surface area contributed by atoms with Crippen LogP contribution in [0.5, 0.6) is 0 Å². The van der Waals surface area contributed by atoms with Gasteiger partial charge in [-0.25, -0.2) is 8.78 Å². The third-order valence-electron chi connectivity index (χ3n) is 2.87. The van der Waals surface area contributed by atoms with E-state index in [0.717, 1.165) is 6.42 Å². The van der Waals surface area contributed by atoms with Crippen molar-refractivity contribution in [2.24, 2.45) is 0 Å². The molecule has 84 valence electrons. The van der Waals surface area contributed by atoms with Gasteiger partial charge in [0, 0.05) is 17.5 Å². The largest absolute Gasteiger partial charge is 0.316 e. The van der Waals surface area contributed by atoms with Crippen LogP contribution >= 0.6 is 0 Å². The van der Waals surface area contributed by atoms with Gasteiger partial charge in [0.1, 0.15) is 11.6 Å². The highest BCUT2D eigenvalue weighted by Gasteiger charge is 2.21. The molecule has 1 nitrogen and oxygen atoms in total. The number of rotatable bonds is 4. The van der Waals surface area contributed by atoms with Crippen molar-refractivity contribution in [3.63, 3.8) is 0 Å². The Balaban J connectivity index is 3.04. The van der Waals surface area contributed by atoms with E-state index < -0.39 is 11.6 Å². The van der Waals surface area contributed by atoms with Crippen LogP contribution < -0.4 is 5.32 Å². The van der Waals surface area contributed by atoms with Crippen molar-refractivity contribution >= 4 is 0 Å². The van der Waals surface area contributed by atoms with Crippen LogP contribution in [0.3, 0.4) is 0 Å². The monoisotopic (exact) mass is 213 g/mol. The zero-order valence-electron chi connectivity index (χ0n) is 9.35. The summed E-state index contributed by atoms with van der Waals surface area (Å²) in [7, 11) is 1.81.